The SMILES string of the molecule is Cc1ncc(C(O)C(O)CC(=O)O)[nH]1. The van der Waals surface area contributed by atoms with Gasteiger partial charge >= 0.3 is 5.97 Å². The largest absolute Gasteiger partial charge is 0.481 e. The Labute approximate surface area is 80.2 Å². The van der Waals surface area contributed by atoms with Crippen LogP contribution in [0.4, 0.5) is 0 Å². The summed E-state index contributed by atoms with van der Waals surface area (Å²) in [6.45, 7) is 1.69. The van der Waals surface area contributed by atoms with Crippen LogP contribution in [0.25, 0.3) is 0 Å². The number of aryl methyl sites for hydroxylation is 1. The first kappa shape index (κ1) is 10.7. The maximum absolute atomic E-state index is 10.3. The fourth-order valence-corrected chi connectivity index (χ4v) is 1.09. The van der Waals surface area contributed by atoms with E-state index in [-0.39, 0.29) is 0 Å². The standard InChI is InChI=1S/C8H12N2O4/c1-4-9-3-5(10-4)8(14)6(11)2-7(12)13/h3,6,8,11,14H,2H2,1H3,(H,9,10)(H,12,13). The smallest absolute Gasteiger partial charge is 0.306 e. The number of H-pyrrole nitrogens is 1. The Hall–Kier alpha value is -1.40. The number of aliphatic hydroxyl groups is 2. The molecule has 6 heteroatoms. The lowest BCUT2D eigenvalue weighted by atomic mass is 10.1. The number of carboxylic acid groups (broad SMARTS) is 1. The van der Waals surface area contributed by atoms with Gasteiger partial charge in [-0.3, -0.25) is 4.79 Å². The van der Waals surface area contributed by atoms with Gasteiger partial charge in [-0.1, -0.05) is 0 Å². The van der Waals surface area contributed by atoms with Gasteiger partial charge in [-0.15, -0.1) is 0 Å². The van der Waals surface area contributed by atoms with Gasteiger partial charge in [0.15, 0.2) is 0 Å². The molecule has 1 aromatic heterocycles. The quantitative estimate of drug-likeness (QED) is 0.528. The molecule has 0 amide bonds. The zero-order valence-corrected chi connectivity index (χ0v) is 7.64. The molecule has 2 unspecified atom stereocenters. The fraction of sp³-hybridized carbons (Fsp3) is 0.500. The van der Waals surface area contributed by atoms with Crippen molar-refractivity contribution in [1.29, 1.82) is 0 Å². The van der Waals surface area contributed by atoms with E-state index in [1.54, 1.807) is 6.92 Å². The van der Waals surface area contributed by atoms with E-state index < -0.39 is 24.6 Å². The third kappa shape index (κ3) is 2.54. The average molecular weight is 200 g/mol. The molecule has 0 saturated carbocycles. The third-order valence-corrected chi connectivity index (χ3v) is 1.79. The first-order valence-electron chi connectivity index (χ1n) is 4.10. The Kier molecular flexibility index (Phi) is 3.21. The molecule has 0 bridgehead atoms. The Morgan fingerprint density at radius 2 is 2.29 bits per heavy atom. The van der Waals surface area contributed by atoms with Gasteiger partial charge in [-0.2, -0.15) is 0 Å². The minimum absolute atomic E-state index is 0.316. The number of nitrogens with zero attached hydrogens (tertiary/aromatic N) is 1. The van der Waals surface area contributed by atoms with E-state index in [1.807, 2.05) is 0 Å². The summed E-state index contributed by atoms with van der Waals surface area (Å²) in [5.41, 5.74) is 0.316. The van der Waals surface area contributed by atoms with Crippen LogP contribution in [-0.4, -0.2) is 37.4 Å². The highest BCUT2D eigenvalue weighted by Gasteiger charge is 2.22. The number of carboxylic acids is 1. The van der Waals surface area contributed by atoms with Crippen molar-refractivity contribution in [3.05, 3.63) is 17.7 Å². The molecule has 4 N–H and O–H groups in total. The summed E-state index contributed by atoms with van der Waals surface area (Å²) >= 11 is 0. The second-order valence-corrected chi connectivity index (χ2v) is 3.03. The molecular formula is C8H12N2O4. The van der Waals surface area contributed by atoms with Crippen LogP contribution in [0.1, 0.15) is 24.0 Å². The fourth-order valence-electron chi connectivity index (χ4n) is 1.09. The van der Waals surface area contributed by atoms with E-state index in [4.69, 9.17) is 5.11 Å². The Morgan fingerprint density at radius 3 is 2.71 bits per heavy atom. The van der Waals surface area contributed by atoms with Crippen LogP contribution in [0.2, 0.25) is 0 Å². The van der Waals surface area contributed by atoms with Crippen molar-refractivity contribution in [1.82, 2.24) is 9.97 Å². The molecule has 0 radical (unpaired) electrons. The number of nitrogens with one attached hydrogen (secondary N) is 1. The molecule has 0 aromatic carbocycles. The second-order valence-electron chi connectivity index (χ2n) is 3.03. The van der Waals surface area contributed by atoms with Crippen LogP contribution >= 0.6 is 0 Å². The summed E-state index contributed by atoms with van der Waals surface area (Å²) in [7, 11) is 0. The second kappa shape index (κ2) is 4.21. The zero-order valence-electron chi connectivity index (χ0n) is 7.64. The topological polar surface area (TPSA) is 106 Å². The van der Waals surface area contributed by atoms with E-state index >= 15 is 0 Å². The number of aromatic nitrogens is 2. The van der Waals surface area contributed by atoms with Gasteiger partial charge < -0.3 is 20.3 Å². The Bertz CT molecular complexity index is 323. The monoisotopic (exact) mass is 200 g/mol. The van der Waals surface area contributed by atoms with E-state index in [1.165, 1.54) is 6.20 Å². The number of aliphatic hydroxyl groups excluding tert-OH is 2. The van der Waals surface area contributed by atoms with Gasteiger partial charge in [-0.25, -0.2) is 4.98 Å². The van der Waals surface area contributed by atoms with Gasteiger partial charge in [-0.05, 0) is 6.92 Å². The molecule has 14 heavy (non-hydrogen) atoms. The Balaban J connectivity index is 2.65. The normalized spacial score (nSPS) is 15.1. The van der Waals surface area contributed by atoms with E-state index in [9.17, 15) is 15.0 Å². The summed E-state index contributed by atoms with van der Waals surface area (Å²) in [6.07, 6.45) is -1.70. The number of carbonyl (C=O) groups is 1. The first-order chi connectivity index (χ1) is 6.50. The highest BCUT2D eigenvalue weighted by atomic mass is 16.4. The average Bonchev–Trinajstić information content (AvgIpc) is 2.49. The molecule has 2 atom stereocenters. The van der Waals surface area contributed by atoms with Crippen molar-refractivity contribution < 1.29 is 20.1 Å². The number of rotatable bonds is 4. The van der Waals surface area contributed by atoms with E-state index in [0.717, 1.165) is 0 Å². The number of hydrogen-bond donors (Lipinski definition) is 4. The van der Waals surface area contributed by atoms with Gasteiger partial charge in [0.05, 0.1) is 24.4 Å². The van der Waals surface area contributed by atoms with Crippen molar-refractivity contribution in [3.8, 4) is 0 Å². The highest BCUT2D eigenvalue weighted by Crippen LogP contribution is 2.16. The lowest BCUT2D eigenvalue weighted by Gasteiger charge is -2.13. The highest BCUT2D eigenvalue weighted by molar-refractivity contribution is 5.67. The van der Waals surface area contributed by atoms with Crippen LogP contribution in [0.3, 0.4) is 0 Å². The van der Waals surface area contributed by atoms with Crippen LogP contribution in [-0.2, 0) is 4.79 Å². The number of aromatic amines is 1. The molecule has 0 aliphatic carbocycles. The Morgan fingerprint density at radius 1 is 1.64 bits per heavy atom. The lowest BCUT2D eigenvalue weighted by Crippen LogP contribution is -2.22. The number of aliphatic carboxylic acids is 1. The van der Waals surface area contributed by atoms with E-state index in [0.29, 0.717) is 11.5 Å². The van der Waals surface area contributed by atoms with Gasteiger partial charge in [0.25, 0.3) is 0 Å². The minimum Gasteiger partial charge on any atom is -0.481 e. The molecule has 1 heterocycles. The van der Waals surface area contributed by atoms with Crippen LogP contribution in [0, 0.1) is 6.92 Å². The molecule has 6 nitrogen and oxygen atoms in total. The summed E-state index contributed by atoms with van der Waals surface area (Å²) in [5.74, 6) is -0.561. The van der Waals surface area contributed by atoms with Crippen LogP contribution in [0.15, 0.2) is 6.20 Å². The number of imidazole rings is 1. The van der Waals surface area contributed by atoms with Gasteiger partial charge in [0.2, 0.25) is 0 Å². The summed E-state index contributed by atoms with van der Waals surface area (Å²) in [5, 5.41) is 27.1. The molecule has 1 rings (SSSR count). The zero-order chi connectivity index (χ0) is 10.7. The van der Waals surface area contributed by atoms with Gasteiger partial charge in [0.1, 0.15) is 11.9 Å². The van der Waals surface area contributed by atoms with Crippen LogP contribution < -0.4 is 0 Å². The minimum atomic E-state index is -1.33. The summed E-state index contributed by atoms with van der Waals surface area (Å²) in [4.78, 5) is 16.8. The predicted octanol–water partition coefficient (Wildman–Crippen LogP) is -0.413. The molecular weight excluding hydrogens is 188 g/mol. The maximum Gasteiger partial charge on any atom is 0.306 e. The summed E-state index contributed by atoms with van der Waals surface area (Å²) in [6, 6.07) is 0. The molecule has 0 aliphatic heterocycles. The van der Waals surface area contributed by atoms with E-state index in [2.05, 4.69) is 9.97 Å². The van der Waals surface area contributed by atoms with Crippen molar-refractivity contribution in [2.24, 2.45) is 0 Å². The molecule has 78 valence electrons. The molecule has 0 saturated heterocycles. The molecule has 1 aromatic rings. The van der Waals surface area contributed by atoms with Crippen molar-refractivity contribution >= 4 is 5.97 Å². The maximum atomic E-state index is 10.3. The first-order valence-corrected chi connectivity index (χ1v) is 4.10. The van der Waals surface area contributed by atoms with Crippen molar-refractivity contribution in [2.45, 2.75) is 25.6 Å². The van der Waals surface area contributed by atoms with Crippen molar-refractivity contribution in [3.63, 3.8) is 0 Å². The molecule has 0 fully saturated rings. The lowest BCUT2D eigenvalue weighted by molar-refractivity contribution is -0.141. The van der Waals surface area contributed by atoms with Gasteiger partial charge in [0, 0.05) is 0 Å². The van der Waals surface area contributed by atoms with Crippen molar-refractivity contribution in [2.75, 3.05) is 0 Å². The molecule has 0 spiro atoms. The third-order valence-electron chi connectivity index (χ3n) is 1.79. The summed E-state index contributed by atoms with van der Waals surface area (Å²) < 4.78 is 0. The van der Waals surface area contributed by atoms with Crippen LogP contribution in [0.5, 0.6) is 0 Å². The predicted molar refractivity (Wildman–Crippen MR) is 46.5 cm³/mol. The number of hydrogen-bond acceptors (Lipinski definition) is 4. The molecule has 0 aliphatic rings.